The van der Waals surface area contributed by atoms with Crippen molar-refractivity contribution in [2.75, 3.05) is 20.8 Å². The van der Waals surface area contributed by atoms with Crippen molar-refractivity contribution in [1.82, 2.24) is 15.0 Å². The topological polar surface area (TPSA) is 77.7 Å². The Morgan fingerprint density at radius 3 is 2.76 bits per heavy atom. The molecule has 7 nitrogen and oxygen atoms in total. The van der Waals surface area contributed by atoms with Crippen molar-refractivity contribution in [3.8, 4) is 22.9 Å². The Bertz CT molecular complexity index is 1040. The molecule has 1 fully saturated rings. The van der Waals surface area contributed by atoms with E-state index in [1.165, 1.54) is 0 Å². The highest BCUT2D eigenvalue weighted by Gasteiger charge is 2.34. The molecule has 1 aliphatic heterocycles. The highest BCUT2D eigenvalue weighted by atomic mass is 35.5. The number of rotatable bonds is 5. The fraction of sp³-hybridized carbons (Fsp3) is 0.286. The molecule has 2 aromatic carbocycles. The Labute approximate surface area is 173 Å². The van der Waals surface area contributed by atoms with Crippen LogP contribution in [0.4, 0.5) is 0 Å². The van der Waals surface area contributed by atoms with Gasteiger partial charge in [-0.25, -0.2) is 0 Å². The molecule has 8 heteroatoms. The smallest absolute Gasteiger partial charge is 0.254 e. The fourth-order valence-corrected chi connectivity index (χ4v) is 3.71. The summed E-state index contributed by atoms with van der Waals surface area (Å²) in [5.74, 6) is 1.95. The highest BCUT2D eigenvalue weighted by molar-refractivity contribution is 6.30. The Morgan fingerprint density at radius 1 is 1.17 bits per heavy atom. The molecule has 3 aromatic rings. The van der Waals surface area contributed by atoms with Crippen molar-refractivity contribution < 1.29 is 18.8 Å². The van der Waals surface area contributed by atoms with Crippen LogP contribution in [0.25, 0.3) is 11.4 Å². The standard InChI is InChI=1S/C21H20ClN3O4/c1-27-17-9-8-13(12-18(17)28-2)19-23-20(29-24-19)16-7-4-10-25(16)21(26)14-5-3-6-15(22)11-14/h3,5-6,8-9,11-12,16H,4,7,10H2,1-2H3/t16-/m1/s1. The first kappa shape index (κ1) is 19.3. The van der Waals surface area contributed by atoms with Gasteiger partial charge in [0.1, 0.15) is 6.04 Å². The predicted molar refractivity (Wildman–Crippen MR) is 107 cm³/mol. The molecule has 150 valence electrons. The van der Waals surface area contributed by atoms with E-state index in [0.717, 1.165) is 18.4 Å². The second kappa shape index (κ2) is 8.13. The summed E-state index contributed by atoms with van der Waals surface area (Å²) >= 11 is 6.04. The minimum Gasteiger partial charge on any atom is -0.493 e. The average Bonchev–Trinajstić information content (AvgIpc) is 3.42. The molecular weight excluding hydrogens is 394 g/mol. The monoisotopic (exact) mass is 413 g/mol. The van der Waals surface area contributed by atoms with Crippen molar-refractivity contribution in [3.05, 3.63) is 58.9 Å². The summed E-state index contributed by atoms with van der Waals surface area (Å²) in [6.07, 6.45) is 1.63. The molecular formula is C21H20ClN3O4. The van der Waals surface area contributed by atoms with E-state index < -0.39 is 0 Å². The predicted octanol–water partition coefficient (Wildman–Crippen LogP) is 4.38. The van der Waals surface area contributed by atoms with Gasteiger partial charge in [0.15, 0.2) is 11.5 Å². The number of halogens is 1. The summed E-state index contributed by atoms with van der Waals surface area (Å²) < 4.78 is 16.1. The number of aromatic nitrogens is 2. The zero-order chi connectivity index (χ0) is 20.4. The van der Waals surface area contributed by atoms with Crippen LogP contribution in [0.3, 0.4) is 0 Å². The fourth-order valence-electron chi connectivity index (χ4n) is 3.52. The number of hydrogen-bond acceptors (Lipinski definition) is 6. The molecule has 0 aliphatic carbocycles. The van der Waals surface area contributed by atoms with Gasteiger partial charge in [0.05, 0.1) is 14.2 Å². The van der Waals surface area contributed by atoms with Crippen LogP contribution < -0.4 is 9.47 Å². The summed E-state index contributed by atoms with van der Waals surface area (Å²) in [4.78, 5) is 19.3. The molecule has 1 aliphatic rings. The van der Waals surface area contributed by atoms with Crippen LogP contribution in [0.15, 0.2) is 47.0 Å². The first-order valence-electron chi connectivity index (χ1n) is 9.23. The van der Waals surface area contributed by atoms with Gasteiger partial charge < -0.3 is 18.9 Å². The van der Waals surface area contributed by atoms with Crippen LogP contribution in [-0.2, 0) is 0 Å². The molecule has 0 unspecified atom stereocenters. The lowest BCUT2D eigenvalue weighted by molar-refractivity contribution is 0.0710. The molecule has 1 atom stereocenters. The molecule has 1 saturated heterocycles. The minimum absolute atomic E-state index is 0.0964. The maximum Gasteiger partial charge on any atom is 0.254 e. The van der Waals surface area contributed by atoms with Crippen molar-refractivity contribution in [2.45, 2.75) is 18.9 Å². The zero-order valence-electron chi connectivity index (χ0n) is 16.1. The number of amides is 1. The van der Waals surface area contributed by atoms with Gasteiger partial charge in [-0.3, -0.25) is 4.79 Å². The van der Waals surface area contributed by atoms with Gasteiger partial charge in [-0.1, -0.05) is 22.8 Å². The minimum atomic E-state index is -0.261. The number of likely N-dealkylation sites (tertiary alicyclic amines) is 1. The average molecular weight is 414 g/mol. The number of nitrogens with zero attached hydrogens (tertiary/aromatic N) is 3. The maximum atomic E-state index is 13.0. The first-order chi connectivity index (χ1) is 14.1. The Balaban J connectivity index is 1.59. The lowest BCUT2D eigenvalue weighted by Crippen LogP contribution is -2.30. The van der Waals surface area contributed by atoms with Crippen LogP contribution >= 0.6 is 11.6 Å². The van der Waals surface area contributed by atoms with Gasteiger partial charge in [0.2, 0.25) is 11.7 Å². The number of benzene rings is 2. The van der Waals surface area contributed by atoms with Gasteiger partial charge >= 0.3 is 0 Å². The summed E-state index contributed by atoms with van der Waals surface area (Å²) in [7, 11) is 3.15. The molecule has 1 aromatic heterocycles. The van der Waals surface area contributed by atoms with Crippen molar-refractivity contribution in [1.29, 1.82) is 0 Å². The SMILES string of the molecule is COc1ccc(-c2noc([C@H]3CCCN3C(=O)c3cccc(Cl)c3)n2)cc1OC. The van der Waals surface area contributed by atoms with E-state index in [4.69, 9.17) is 25.6 Å². The van der Waals surface area contributed by atoms with Gasteiger partial charge in [0.25, 0.3) is 5.91 Å². The van der Waals surface area contributed by atoms with Crippen LogP contribution in [0.5, 0.6) is 11.5 Å². The molecule has 0 saturated carbocycles. The Kier molecular flexibility index (Phi) is 5.40. The van der Waals surface area contributed by atoms with Gasteiger partial charge in [0, 0.05) is 22.7 Å². The molecule has 0 N–H and O–H groups in total. The van der Waals surface area contributed by atoms with E-state index in [1.807, 2.05) is 6.07 Å². The molecule has 0 spiro atoms. The van der Waals surface area contributed by atoms with Crippen LogP contribution in [0.1, 0.15) is 35.1 Å². The molecule has 4 rings (SSSR count). The third kappa shape index (κ3) is 3.78. The second-order valence-electron chi connectivity index (χ2n) is 6.69. The third-order valence-corrected chi connectivity index (χ3v) is 5.19. The molecule has 0 radical (unpaired) electrons. The Hall–Kier alpha value is -3.06. The summed E-state index contributed by atoms with van der Waals surface area (Å²) in [5, 5.41) is 4.63. The quantitative estimate of drug-likeness (QED) is 0.617. The largest absolute Gasteiger partial charge is 0.493 e. The third-order valence-electron chi connectivity index (χ3n) is 4.95. The van der Waals surface area contributed by atoms with Crippen molar-refractivity contribution >= 4 is 17.5 Å². The number of ether oxygens (including phenoxy) is 2. The first-order valence-corrected chi connectivity index (χ1v) is 9.61. The van der Waals surface area contributed by atoms with E-state index in [-0.39, 0.29) is 11.9 Å². The molecule has 29 heavy (non-hydrogen) atoms. The lowest BCUT2D eigenvalue weighted by atomic mass is 10.1. The lowest BCUT2D eigenvalue weighted by Gasteiger charge is -2.22. The maximum absolute atomic E-state index is 13.0. The summed E-state index contributed by atoms with van der Waals surface area (Å²) in [5.41, 5.74) is 1.28. The van der Waals surface area contributed by atoms with E-state index in [0.29, 0.717) is 40.3 Å². The van der Waals surface area contributed by atoms with E-state index in [9.17, 15) is 4.79 Å². The van der Waals surface area contributed by atoms with E-state index in [2.05, 4.69) is 10.1 Å². The van der Waals surface area contributed by atoms with Crippen LogP contribution in [0, 0.1) is 0 Å². The number of hydrogen-bond donors (Lipinski definition) is 0. The van der Waals surface area contributed by atoms with Crippen molar-refractivity contribution in [3.63, 3.8) is 0 Å². The number of carbonyl (C=O) groups excluding carboxylic acids is 1. The van der Waals surface area contributed by atoms with Crippen molar-refractivity contribution in [2.24, 2.45) is 0 Å². The zero-order valence-corrected chi connectivity index (χ0v) is 16.8. The molecule has 2 heterocycles. The summed E-state index contributed by atoms with van der Waals surface area (Å²) in [6, 6.07) is 12.1. The molecule has 0 bridgehead atoms. The van der Waals surface area contributed by atoms with Crippen LogP contribution in [-0.4, -0.2) is 41.7 Å². The Morgan fingerprint density at radius 2 is 2.00 bits per heavy atom. The summed E-state index contributed by atoms with van der Waals surface area (Å²) in [6.45, 7) is 0.629. The van der Waals surface area contributed by atoms with E-state index >= 15 is 0 Å². The van der Waals surface area contributed by atoms with Gasteiger partial charge in [-0.2, -0.15) is 4.98 Å². The van der Waals surface area contributed by atoms with Crippen LogP contribution in [0.2, 0.25) is 5.02 Å². The van der Waals surface area contributed by atoms with Gasteiger partial charge in [-0.15, -0.1) is 0 Å². The van der Waals surface area contributed by atoms with Gasteiger partial charge in [-0.05, 0) is 49.2 Å². The number of methoxy groups -OCH3 is 2. The highest BCUT2D eigenvalue weighted by Crippen LogP contribution is 2.35. The number of carbonyl (C=O) groups is 1. The molecule has 1 amide bonds. The second-order valence-corrected chi connectivity index (χ2v) is 7.13. The van der Waals surface area contributed by atoms with E-state index in [1.54, 1.807) is 55.5 Å². The normalized spacial score (nSPS) is 16.1.